The predicted octanol–water partition coefficient (Wildman–Crippen LogP) is 1.93. The molecule has 0 unspecified atom stereocenters. The topological polar surface area (TPSA) is 75.5 Å². The van der Waals surface area contributed by atoms with E-state index < -0.39 is 10.0 Å². The monoisotopic (exact) mass is 402 g/mol. The van der Waals surface area contributed by atoms with Crippen LogP contribution in [0.15, 0.2) is 35.2 Å². The molecule has 1 fully saturated rings. The molecule has 7 nitrogen and oxygen atoms in total. The Bertz CT molecular complexity index is 934. The van der Waals surface area contributed by atoms with Gasteiger partial charge in [0.1, 0.15) is 0 Å². The lowest BCUT2D eigenvalue weighted by Gasteiger charge is -2.33. The van der Waals surface area contributed by atoms with Crippen LogP contribution in [-0.4, -0.2) is 59.5 Å². The van der Waals surface area contributed by atoms with Gasteiger partial charge in [0.15, 0.2) is 5.69 Å². The maximum Gasteiger partial charge on any atom is 0.274 e. The van der Waals surface area contributed by atoms with Gasteiger partial charge in [0.2, 0.25) is 10.0 Å². The molecule has 0 bridgehead atoms. The van der Waals surface area contributed by atoms with Crippen molar-refractivity contribution in [2.45, 2.75) is 44.0 Å². The number of nitrogens with zero attached hydrogens (tertiary/aromatic N) is 4. The minimum Gasteiger partial charge on any atom is -0.335 e. The van der Waals surface area contributed by atoms with Crippen LogP contribution in [0.25, 0.3) is 0 Å². The highest BCUT2D eigenvalue weighted by Crippen LogP contribution is 2.20. The van der Waals surface area contributed by atoms with Crippen molar-refractivity contribution >= 4 is 15.9 Å². The third-order valence-corrected chi connectivity index (χ3v) is 7.54. The van der Waals surface area contributed by atoms with Crippen molar-refractivity contribution in [1.29, 1.82) is 0 Å². The highest BCUT2D eigenvalue weighted by atomic mass is 32.2. The second-order valence-electron chi connectivity index (χ2n) is 7.39. The number of benzene rings is 1. The minimum atomic E-state index is -3.53. The molecule has 2 aliphatic rings. The molecule has 28 heavy (non-hydrogen) atoms. The predicted molar refractivity (Wildman–Crippen MR) is 106 cm³/mol. The van der Waals surface area contributed by atoms with Gasteiger partial charge >= 0.3 is 0 Å². The lowest BCUT2D eigenvalue weighted by Crippen LogP contribution is -2.50. The number of fused-ring (bicyclic) bond motifs is 1. The summed E-state index contributed by atoms with van der Waals surface area (Å²) in [6.45, 7) is 4.27. The summed E-state index contributed by atoms with van der Waals surface area (Å²) >= 11 is 0. The fourth-order valence-electron chi connectivity index (χ4n) is 3.86. The number of sulfonamides is 1. The summed E-state index contributed by atoms with van der Waals surface area (Å²) in [5.74, 6) is -0.105. The van der Waals surface area contributed by atoms with E-state index in [0.717, 1.165) is 43.5 Å². The van der Waals surface area contributed by atoms with Gasteiger partial charge < -0.3 is 4.90 Å². The average Bonchev–Trinajstić information content (AvgIpc) is 3.17. The third kappa shape index (κ3) is 3.58. The Labute approximate surface area is 166 Å². The summed E-state index contributed by atoms with van der Waals surface area (Å²) < 4.78 is 29.1. The largest absolute Gasteiger partial charge is 0.335 e. The Hall–Kier alpha value is -2.19. The maximum absolute atomic E-state index is 12.9. The van der Waals surface area contributed by atoms with Gasteiger partial charge in [-0.25, -0.2) is 8.42 Å². The Balaban J connectivity index is 1.42. The van der Waals surface area contributed by atoms with E-state index in [0.29, 0.717) is 36.8 Å². The molecule has 1 amide bonds. The third-order valence-electron chi connectivity index (χ3n) is 5.63. The Morgan fingerprint density at radius 3 is 2.39 bits per heavy atom. The molecule has 0 N–H and O–H groups in total. The molecule has 0 radical (unpaired) electrons. The van der Waals surface area contributed by atoms with Crippen molar-refractivity contribution < 1.29 is 13.2 Å². The number of hydrogen-bond donors (Lipinski definition) is 0. The van der Waals surface area contributed by atoms with E-state index in [-0.39, 0.29) is 5.91 Å². The lowest BCUT2D eigenvalue weighted by molar-refractivity contribution is 0.0691. The standard InChI is InChI=1S/C20H26N4O3S/c1-2-16-6-8-18(9-7-16)28(26,27)23-13-11-22(12-14-23)20(25)19-15-17-5-3-4-10-24(17)21-19/h6-9,15H,2-5,10-14H2,1H3. The molecule has 2 aliphatic heterocycles. The van der Waals surface area contributed by atoms with Crippen LogP contribution in [0, 0.1) is 0 Å². The SMILES string of the molecule is CCc1ccc(S(=O)(=O)N2CCN(C(=O)c3cc4n(n3)CCCC4)CC2)cc1. The molecule has 1 aromatic carbocycles. The molecule has 0 spiro atoms. The summed E-state index contributed by atoms with van der Waals surface area (Å²) in [6, 6.07) is 8.93. The van der Waals surface area contributed by atoms with Crippen molar-refractivity contribution in [1.82, 2.24) is 19.0 Å². The first-order chi connectivity index (χ1) is 13.5. The van der Waals surface area contributed by atoms with Crippen LogP contribution in [0.1, 0.15) is 41.5 Å². The number of amides is 1. The van der Waals surface area contributed by atoms with Gasteiger partial charge in [0, 0.05) is 38.4 Å². The molecule has 1 saturated heterocycles. The Morgan fingerprint density at radius 2 is 1.75 bits per heavy atom. The maximum atomic E-state index is 12.9. The molecular weight excluding hydrogens is 376 g/mol. The van der Waals surface area contributed by atoms with E-state index in [1.54, 1.807) is 17.0 Å². The Morgan fingerprint density at radius 1 is 1.04 bits per heavy atom. The highest BCUT2D eigenvalue weighted by Gasteiger charge is 2.31. The van der Waals surface area contributed by atoms with Crippen molar-refractivity contribution in [3.8, 4) is 0 Å². The van der Waals surface area contributed by atoms with Gasteiger partial charge in [-0.2, -0.15) is 9.40 Å². The van der Waals surface area contributed by atoms with E-state index in [9.17, 15) is 13.2 Å². The van der Waals surface area contributed by atoms with E-state index in [1.807, 2.05) is 29.8 Å². The normalized spacial score (nSPS) is 18.1. The lowest BCUT2D eigenvalue weighted by atomic mass is 10.1. The van der Waals surface area contributed by atoms with E-state index in [4.69, 9.17) is 0 Å². The molecule has 0 saturated carbocycles. The molecule has 3 heterocycles. The molecular formula is C20H26N4O3S. The van der Waals surface area contributed by atoms with E-state index in [1.165, 1.54) is 4.31 Å². The average molecular weight is 403 g/mol. The molecule has 4 rings (SSSR count). The van der Waals surface area contributed by atoms with Gasteiger partial charge in [0.25, 0.3) is 5.91 Å². The first-order valence-corrected chi connectivity index (χ1v) is 11.4. The number of aromatic nitrogens is 2. The molecule has 150 valence electrons. The Kier molecular flexibility index (Phi) is 5.25. The van der Waals surface area contributed by atoms with E-state index in [2.05, 4.69) is 5.10 Å². The quantitative estimate of drug-likeness (QED) is 0.783. The van der Waals surface area contributed by atoms with Crippen LogP contribution in [0.4, 0.5) is 0 Å². The summed E-state index contributed by atoms with van der Waals surface area (Å²) in [6.07, 6.45) is 4.06. The fraction of sp³-hybridized carbons (Fsp3) is 0.500. The number of carbonyl (C=O) groups excluding carboxylic acids is 1. The van der Waals surface area contributed by atoms with E-state index >= 15 is 0 Å². The second kappa shape index (κ2) is 7.67. The first kappa shape index (κ1) is 19.1. The molecule has 1 aromatic heterocycles. The summed E-state index contributed by atoms with van der Waals surface area (Å²) in [5.41, 5.74) is 2.70. The van der Waals surface area contributed by atoms with Crippen LogP contribution in [-0.2, 0) is 29.4 Å². The zero-order chi connectivity index (χ0) is 19.7. The fourth-order valence-corrected chi connectivity index (χ4v) is 5.28. The number of hydrogen-bond acceptors (Lipinski definition) is 4. The first-order valence-electron chi connectivity index (χ1n) is 9.94. The van der Waals surface area contributed by atoms with Gasteiger partial charge in [-0.15, -0.1) is 0 Å². The van der Waals surface area contributed by atoms with Gasteiger partial charge in [-0.3, -0.25) is 9.48 Å². The summed E-state index contributed by atoms with van der Waals surface area (Å²) in [5, 5.41) is 4.45. The van der Waals surface area contributed by atoms with Crippen LogP contribution in [0.3, 0.4) is 0 Å². The van der Waals surface area contributed by atoms with Gasteiger partial charge in [-0.05, 0) is 49.4 Å². The van der Waals surface area contributed by atoms with Crippen molar-refractivity contribution in [3.63, 3.8) is 0 Å². The van der Waals surface area contributed by atoms with Crippen LogP contribution >= 0.6 is 0 Å². The number of aryl methyl sites for hydroxylation is 3. The zero-order valence-electron chi connectivity index (χ0n) is 16.2. The summed E-state index contributed by atoms with van der Waals surface area (Å²) in [4.78, 5) is 14.8. The van der Waals surface area contributed by atoms with Crippen molar-refractivity contribution in [2.75, 3.05) is 26.2 Å². The smallest absolute Gasteiger partial charge is 0.274 e. The van der Waals surface area contributed by atoms with Gasteiger partial charge in [0.05, 0.1) is 4.90 Å². The minimum absolute atomic E-state index is 0.105. The van der Waals surface area contributed by atoms with Crippen LogP contribution in [0.5, 0.6) is 0 Å². The number of rotatable bonds is 4. The second-order valence-corrected chi connectivity index (χ2v) is 9.33. The van der Waals surface area contributed by atoms with Crippen molar-refractivity contribution in [2.24, 2.45) is 0 Å². The van der Waals surface area contributed by atoms with Gasteiger partial charge in [-0.1, -0.05) is 19.1 Å². The number of carbonyl (C=O) groups is 1. The highest BCUT2D eigenvalue weighted by molar-refractivity contribution is 7.89. The molecule has 0 atom stereocenters. The zero-order valence-corrected chi connectivity index (χ0v) is 17.0. The molecule has 2 aromatic rings. The summed E-state index contributed by atoms with van der Waals surface area (Å²) in [7, 11) is -3.53. The van der Waals surface area contributed by atoms with Crippen molar-refractivity contribution in [3.05, 3.63) is 47.3 Å². The van der Waals surface area contributed by atoms with Crippen LogP contribution in [0.2, 0.25) is 0 Å². The number of piperazine rings is 1. The van der Waals surface area contributed by atoms with Crippen LogP contribution < -0.4 is 0 Å². The molecule has 0 aliphatic carbocycles. The molecule has 8 heteroatoms.